The summed E-state index contributed by atoms with van der Waals surface area (Å²) in [6.07, 6.45) is 4.76. The fourth-order valence-electron chi connectivity index (χ4n) is 4.45. The van der Waals surface area contributed by atoms with Crippen LogP contribution in [0.2, 0.25) is 0 Å². The molecule has 0 unspecified atom stereocenters. The number of aromatic nitrogens is 1. The van der Waals surface area contributed by atoms with Gasteiger partial charge in [-0.1, -0.05) is 43.3 Å². The number of pyridine rings is 1. The van der Waals surface area contributed by atoms with Crippen LogP contribution in [0.3, 0.4) is 0 Å². The minimum atomic E-state index is -3.47. The van der Waals surface area contributed by atoms with E-state index >= 15 is 0 Å². The molecule has 0 fully saturated rings. The SMILES string of the molecule is CCCS(=O)(=O)N1Cc2cc(C#N)ccc2N(Cc2cccnc2)C[C@H]1Cc1ccccc1. The molecule has 1 aliphatic rings. The lowest BCUT2D eigenvalue weighted by molar-refractivity contribution is 0.318. The van der Waals surface area contributed by atoms with E-state index in [1.165, 1.54) is 0 Å². The molecule has 0 saturated carbocycles. The lowest BCUT2D eigenvalue weighted by Gasteiger charge is -2.32. The van der Waals surface area contributed by atoms with E-state index in [0.717, 1.165) is 22.4 Å². The zero-order valence-corrected chi connectivity index (χ0v) is 19.6. The maximum Gasteiger partial charge on any atom is 0.214 e. The number of fused-ring (bicyclic) bond motifs is 1. The van der Waals surface area contributed by atoms with Gasteiger partial charge in [-0.3, -0.25) is 4.98 Å². The Labute approximate surface area is 196 Å². The molecule has 7 heteroatoms. The molecular weight excluding hydrogens is 432 g/mol. The van der Waals surface area contributed by atoms with Crippen LogP contribution in [0, 0.1) is 11.3 Å². The van der Waals surface area contributed by atoms with Gasteiger partial charge in [-0.15, -0.1) is 0 Å². The Morgan fingerprint density at radius 3 is 2.58 bits per heavy atom. The number of rotatable bonds is 7. The average Bonchev–Trinajstić information content (AvgIpc) is 2.97. The van der Waals surface area contributed by atoms with Crippen LogP contribution < -0.4 is 4.90 Å². The fourth-order valence-corrected chi connectivity index (χ4v) is 6.13. The highest BCUT2D eigenvalue weighted by Gasteiger charge is 2.35. The van der Waals surface area contributed by atoms with Crippen molar-refractivity contribution in [3.63, 3.8) is 0 Å². The predicted molar refractivity (Wildman–Crippen MR) is 130 cm³/mol. The number of benzene rings is 2. The van der Waals surface area contributed by atoms with Crippen molar-refractivity contribution < 1.29 is 8.42 Å². The highest BCUT2D eigenvalue weighted by Crippen LogP contribution is 2.32. The third-order valence-electron chi connectivity index (χ3n) is 5.94. The van der Waals surface area contributed by atoms with Crippen LogP contribution in [0.1, 0.15) is 35.6 Å². The predicted octanol–water partition coefficient (Wildman–Crippen LogP) is 4.13. The Balaban J connectivity index is 1.79. The molecule has 1 atom stereocenters. The summed E-state index contributed by atoms with van der Waals surface area (Å²) in [7, 11) is -3.47. The van der Waals surface area contributed by atoms with Gasteiger partial charge in [-0.2, -0.15) is 9.57 Å². The van der Waals surface area contributed by atoms with Crippen molar-refractivity contribution in [3.05, 3.63) is 95.3 Å². The molecule has 1 aromatic heterocycles. The molecule has 33 heavy (non-hydrogen) atoms. The van der Waals surface area contributed by atoms with Crippen LogP contribution in [0.15, 0.2) is 73.1 Å². The average molecular weight is 461 g/mol. The standard InChI is InChI=1S/C26H28N4O2S/c1-2-13-33(31,32)30-19-24-14-22(16-27)10-11-26(24)29(18-23-9-6-12-28-17-23)20-25(30)15-21-7-4-3-5-8-21/h3-12,14,17,25H,2,13,15,18-20H2,1H3/t25-/m1/s1. The van der Waals surface area contributed by atoms with Crippen molar-refractivity contribution in [2.24, 2.45) is 0 Å². The number of nitrogens with zero attached hydrogens (tertiary/aromatic N) is 4. The number of hydrogen-bond acceptors (Lipinski definition) is 5. The molecule has 170 valence electrons. The van der Waals surface area contributed by atoms with Gasteiger partial charge in [-0.05, 0) is 53.8 Å². The van der Waals surface area contributed by atoms with E-state index in [9.17, 15) is 13.7 Å². The maximum absolute atomic E-state index is 13.4. The van der Waals surface area contributed by atoms with Gasteiger partial charge < -0.3 is 4.90 Å². The number of anilines is 1. The van der Waals surface area contributed by atoms with Crippen molar-refractivity contribution in [2.75, 3.05) is 17.2 Å². The van der Waals surface area contributed by atoms with E-state index in [-0.39, 0.29) is 18.3 Å². The summed E-state index contributed by atoms with van der Waals surface area (Å²) in [5, 5.41) is 9.46. The minimum Gasteiger partial charge on any atom is -0.365 e. The van der Waals surface area contributed by atoms with Crippen molar-refractivity contribution in [2.45, 2.75) is 38.9 Å². The monoisotopic (exact) mass is 460 g/mol. The van der Waals surface area contributed by atoms with Crippen LogP contribution in [-0.2, 0) is 29.5 Å². The molecule has 2 aromatic carbocycles. The van der Waals surface area contributed by atoms with Crippen molar-refractivity contribution in [1.29, 1.82) is 5.26 Å². The molecule has 0 N–H and O–H groups in total. The molecule has 0 aliphatic carbocycles. The topological polar surface area (TPSA) is 77.3 Å². The van der Waals surface area contributed by atoms with Crippen molar-refractivity contribution >= 4 is 15.7 Å². The summed E-state index contributed by atoms with van der Waals surface area (Å²) < 4.78 is 28.5. The second-order valence-corrected chi connectivity index (χ2v) is 10.4. The maximum atomic E-state index is 13.4. The molecular formula is C26H28N4O2S. The summed E-state index contributed by atoms with van der Waals surface area (Å²) in [6.45, 7) is 3.30. The number of hydrogen-bond donors (Lipinski definition) is 0. The van der Waals surface area contributed by atoms with Gasteiger partial charge in [0.05, 0.1) is 17.4 Å². The van der Waals surface area contributed by atoms with E-state index < -0.39 is 10.0 Å². The molecule has 0 bridgehead atoms. The van der Waals surface area contributed by atoms with Crippen LogP contribution in [0.25, 0.3) is 0 Å². The molecule has 3 aromatic rings. The molecule has 2 heterocycles. The first-order valence-electron chi connectivity index (χ1n) is 11.2. The second-order valence-electron chi connectivity index (χ2n) is 8.40. The zero-order valence-electron chi connectivity index (χ0n) is 18.8. The molecule has 0 spiro atoms. The molecule has 0 amide bonds. The van der Waals surface area contributed by atoms with Crippen LogP contribution >= 0.6 is 0 Å². The van der Waals surface area contributed by atoms with E-state index in [1.54, 1.807) is 16.6 Å². The van der Waals surface area contributed by atoms with Crippen LogP contribution in [0.4, 0.5) is 5.69 Å². The largest absolute Gasteiger partial charge is 0.365 e. The third kappa shape index (κ3) is 5.41. The fraction of sp³-hybridized carbons (Fsp3) is 0.308. The van der Waals surface area contributed by atoms with Gasteiger partial charge in [0.2, 0.25) is 10.0 Å². The lowest BCUT2D eigenvalue weighted by Crippen LogP contribution is -2.46. The summed E-state index contributed by atoms with van der Waals surface area (Å²) in [4.78, 5) is 6.47. The van der Waals surface area contributed by atoms with Gasteiger partial charge >= 0.3 is 0 Å². The van der Waals surface area contributed by atoms with Gasteiger partial charge in [0, 0.05) is 43.8 Å². The van der Waals surface area contributed by atoms with Crippen molar-refractivity contribution in [3.8, 4) is 6.07 Å². The quantitative estimate of drug-likeness (QED) is 0.530. The van der Waals surface area contributed by atoms with Crippen LogP contribution in [-0.4, -0.2) is 36.0 Å². The van der Waals surface area contributed by atoms with E-state index in [2.05, 4.69) is 16.0 Å². The second kappa shape index (κ2) is 10.2. The number of sulfonamides is 1. The van der Waals surface area contributed by atoms with E-state index in [0.29, 0.717) is 31.5 Å². The molecule has 1 aliphatic heterocycles. The van der Waals surface area contributed by atoms with Gasteiger partial charge in [0.25, 0.3) is 0 Å². The minimum absolute atomic E-state index is 0.105. The first kappa shape index (κ1) is 23.0. The summed E-state index contributed by atoms with van der Waals surface area (Å²) in [5.41, 5.74) is 4.50. The summed E-state index contributed by atoms with van der Waals surface area (Å²) in [5.74, 6) is 0.105. The lowest BCUT2D eigenvalue weighted by atomic mass is 10.1. The first-order valence-corrected chi connectivity index (χ1v) is 12.8. The summed E-state index contributed by atoms with van der Waals surface area (Å²) in [6, 6.07) is 21.5. The van der Waals surface area contributed by atoms with E-state index in [1.807, 2.05) is 67.7 Å². The molecule has 6 nitrogen and oxygen atoms in total. The smallest absolute Gasteiger partial charge is 0.214 e. The van der Waals surface area contributed by atoms with Gasteiger partial charge in [0.1, 0.15) is 0 Å². The van der Waals surface area contributed by atoms with Gasteiger partial charge in [-0.25, -0.2) is 8.42 Å². The third-order valence-corrected chi connectivity index (χ3v) is 8.01. The Morgan fingerprint density at radius 1 is 1.09 bits per heavy atom. The number of nitriles is 1. The molecule has 4 rings (SSSR count). The first-order chi connectivity index (χ1) is 16.0. The Bertz CT molecular complexity index is 1220. The molecule has 0 saturated heterocycles. The van der Waals surface area contributed by atoms with Crippen molar-refractivity contribution in [1.82, 2.24) is 9.29 Å². The Kier molecular flexibility index (Phi) is 7.07. The van der Waals surface area contributed by atoms with Gasteiger partial charge in [0.15, 0.2) is 0 Å². The summed E-state index contributed by atoms with van der Waals surface area (Å²) >= 11 is 0. The molecule has 0 radical (unpaired) electrons. The van der Waals surface area contributed by atoms with Crippen LogP contribution in [0.5, 0.6) is 0 Å². The highest BCUT2D eigenvalue weighted by atomic mass is 32.2. The highest BCUT2D eigenvalue weighted by molar-refractivity contribution is 7.89. The normalized spacial score (nSPS) is 16.6. The zero-order chi connectivity index (χ0) is 23.3. The van der Waals surface area contributed by atoms with E-state index in [4.69, 9.17) is 0 Å². The Morgan fingerprint density at radius 2 is 1.88 bits per heavy atom. The Hall–Kier alpha value is -3.21.